The van der Waals surface area contributed by atoms with Gasteiger partial charge in [-0.25, -0.2) is 8.78 Å². The largest absolute Gasteiger partial charge is 0.493 e. The lowest BCUT2D eigenvalue weighted by Crippen LogP contribution is -2.14. The minimum absolute atomic E-state index is 0.153. The Kier molecular flexibility index (Phi) is 4.37. The molecule has 0 aliphatic rings. The summed E-state index contributed by atoms with van der Waals surface area (Å²) in [5.41, 5.74) is -0.0922. The van der Waals surface area contributed by atoms with E-state index in [0.29, 0.717) is 5.75 Å². The van der Waals surface area contributed by atoms with Crippen LogP contribution in [0.25, 0.3) is 0 Å². The fraction of sp³-hybridized carbons (Fsp3) is 0.133. The van der Waals surface area contributed by atoms with Gasteiger partial charge in [-0.3, -0.25) is 4.79 Å². The highest BCUT2D eigenvalue weighted by Gasteiger charge is 2.17. The number of halogens is 2. The van der Waals surface area contributed by atoms with Crippen LogP contribution in [-0.2, 0) is 0 Å². The van der Waals surface area contributed by atoms with E-state index in [1.165, 1.54) is 20.3 Å². The summed E-state index contributed by atoms with van der Waals surface area (Å²) in [5, 5.41) is 2.30. The molecule has 0 saturated carbocycles. The van der Waals surface area contributed by atoms with Gasteiger partial charge in [0.1, 0.15) is 11.6 Å². The van der Waals surface area contributed by atoms with Gasteiger partial charge in [-0.05, 0) is 24.3 Å². The summed E-state index contributed by atoms with van der Waals surface area (Å²) in [6, 6.07) is 7.52. The molecule has 4 nitrogen and oxygen atoms in total. The van der Waals surface area contributed by atoms with Crippen molar-refractivity contribution in [1.29, 1.82) is 0 Å². The van der Waals surface area contributed by atoms with E-state index >= 15 is 0 Å². The summed E-state index contributed by atoms with van der Waals surface area (Å²) < 4.78 is 36.8. The molecule has 0 aliphatic heterocycles. The summed E-state index contributed by atoms with van der Waals surface area (Å²) in [7, 11) is 2.82. The van der Waals surface area contributed by atoms with Crippen molar-refractivity contribution in [3.8, 4) is 11.5 Å². The molecule has 0 aliphatic carbocycles. The molecule has 1 N–H and O–H groups in total. The zero-order valence-corrected chi connectivity index (χ0v) is 11.4. The highest BCUT2D eigenvalue weighted by molar-refractivity contribution is 6.06. The molecular weight excluding hydrogens is 280 g/mol. The van der Waals surface area contributed by atoms with E-state index in [1.807, 2.05) is 0 Å². The summed E-state index contributed by atoms with van der Waals surface area (Å²) in [6.07, 6.45) is 0. The fourth-order valence-electron chi connectivity index (χ4n) is 1.85. The van der Waals surface area contributed by atoms with E-state index in [0.717, 1.165) is 18.2 Å². The molecule has 21 heavy (non-hydrogen) atoms. The van der Waals surface area contributed by atoms with Crippen molar-refractivity contribution in [3.63, 3.8) is 0 Å². The zero-order chi connectivity index (χ0) is 15.4. The second-order valence-corrected chi connectivity index (χ2v) is 4.12. The number of carbonyl (C=O) groups excluding carboxylic acids is 1. The Morgan fingerprint density at radius 2 is 1.86 bits per heavy atom. The molecule has 6 heteroatoms. The molecule has 0 spiro atoms. The molecule has 0 aromatic heterocycles. The molecule has 0 radical (unpaired) electrons. The third-order valence-corrected chi connectivity index (χ3v) is 2.82. The first kappa shape index (κ1) is 14.8. The molecule has 0 fully saturated rings. The normalized spacial score (nSPS) is 10.1. The number of anilines is 1. The van der Waals surface area contributed by atoms with Gasteiger partial charge in [0.2, 0.25) is 0 Å². The third-order valence-electron chi connectivity index (χ3n) is 2.82. The van der Waals surface area contributed by atoms with E-state index < -0.39 is 17.5 Å². The first-order valence-electron chi connectivity index (χ1n) is 6.04. The summed E-state index contributed by atoms with van der Waals surface area (Å²) >= 11 is 0. The van der Waals surface area contributed by atoms with Crippen LogP contribution in [0.2, 0.25) is 0 Å². The maximum Gasteiger partial charge on any atom is 0.259 e. The Balaban J connectivity index is 2.35. The Morgan fingerprint density at radius 1 is 1.10 bits per heavy atom. The highest BCUT2D eigenvalue weighted by atomic mass is 19.1. The van der Waals surface area contributed by atoms with Crippen LogP contribution in [0, 0.1) is 11.6 Å². The Morgan fingerprint density at radius 3 is 2.52 bits per heavy atom. The predicted molar refractivity (Wildman–Crippen MR) is 73.9 cm³/mol. The summed E-state index contributed by atoms with van der Waals surface area (Å²) in [4.78, 5) is 12.2. The van der Waals surface area contributed by atoms with E-state index in [-0.39, 0.29) is 17.0 Å². The van der Waals surface area contributed by atoms with Gasteiger partial charge in [-0.2, -0.15) is 0 Å². The molecule has 1 amide bonds. The quantitative estimate of drug-likeness (QED) is 0.941. The standard InChI is InChI=1S/C15H13F2NO3/c1-20-13-5-3-4-10(14(13)21-2)15(19)18-12-8-9(16)6-7-11(12)17/h3-8H,1-2H3,(H,18,19). The smallest absolute Gasteiger partial charge is 0.259 e. The molecule has 0 heterocycles. The minimum atomic E-state index is -0.730. The first-order chi connectivity index (χ1) is 10.1. The number of para-hydroxylation sites is 1. The van der Waals surface area contributed by atoms with Crippen molar-refractivity contribution in [3.05, 3.63) is 53.6 Å². The maximum atomic E-state index is 13.5. The van der Waals surface area contributed by atoms with Crippen molar-refractivity contribution < 1.29 is 23.0 Å². The van der Waals surface area contributed by atoms with E-state index in [4.69, 9.17) is 9.47 Å². The van der Waals surface area contributed by atoms with Crippen LogP contribution >= 0.6 is 0 Å². The number of hydrogen-bond acceptors (Lipinski definition) is 3. The second kappa shape index (κ2) is 6.21. The van der Waals surface area contributed by atoms with Crippen LogP contribution in [0.1, 0.15) is 10.4 Å². The van der Waals surface area contributed by atoms with E-state index in [9.17, 15) is 13.6 Å². The topological polar surface area (TPSA) is 47.6 Å². The molecule has 0 atom stereocenters. The van der Waals surface area contributed by atoms with Crippen LogP contribution < -0.4 is 14.8 Å². The number of amides is 1. The molecule has 2 rings (SSSR count). The first-order valence-corrected chi connectivity index (χ1v) is 6.04. The van der Waals surface area contributed by atoms with Gasteiger partial charge in [0.05, 0.1) is 25.5 Å². The molecule has 2 aromatic rings. The number of benzene rings is 2. The van der Waals surface area contributed by atoms with Gasteiger partial charge in [0.25, 0.3) is 5.91 Å². The van der Waals surface area contributed by atoms with Gasteiger partial charge >= 0.3 is 0 Å². The van der Waals surface area contributed by atoms with E-state index in [2.05, 4.69) is 5.32 Å². The highest BCUT2D eigenvalue weighted by Crippen LogP contribution is 2.31. The van der Waals surface area contributed by atoms with Crippen LogP contribution in [0.5, 0.6) is 11.5 Å². The monoisotopic (exact) mass is 293 g/mol. The van der Waals surface area contributed by atoms with Crippen molar-refractivity contribution in [2.75, 3.05) is 19.5 Å². The molecule has 0 saturated heterocycles. The van der Waals surface area contributed by atoms with Crippen LogP contribution in [0.3, 0.4) is 0 Å². The Labute approximate surface area is 120 Å². The lowest BCUT2D eigenvalue weighted by atomic mass is 10.1. The molecule has 0 bridgehead atoms. The SMILES string of the molecule is COc1cccc(C(=O)Nc2cc(F)ccc2F)c1OC. The fourth-order valence-corrected chi connectivity index (χ4v) is 1.85. The number of hydrogen-bond donors (Lipinski definition) is 1. The molecule has 2 aromatic carbocycles. The van der Waals surface area contributed by atoms with Crippen LogP contribution in [0.15, 0.2) is 36.4 Å². The van der Waals surface area contributed by atoms with Gasteiger partial charge < -0.3 is 14.8 Å². The second-order valence-electron chi connectivity index (χ2n) is 4.12. The van der Waals surface area contributed by atoms with E-state index in [1.54, 1.807) is 12.1 Å². The Bertz CT molecular complexity index is 674. The number of ether oxygens (including phenoxy) is 2. The molecule has 110 valence electrons. The summed E-state index contributed by atoms with van der Waals surface area (Å²) in [5.74, 6) is -1.43. The van der Waals surface area contributed by atoms with Crippen molar-refractivity contribution in [2.45, 2.75) is 0 Å². The lowest BCUT2D eigenvalue weighted by molar-refractivity contribution is 0.102. The number of methoxy groups -OCH3 is 2. The van der Waals surface area contributed by atoms with Gasteiger partial charge in [0, 0.05) is 6.07 Å². The molecule has 0 unspecified atom stereocenters. The Hall–Kier alpha value is -2.63. The number of rotatable bonds is 4. The number of nitrogens with one attached hydrogen (secondary N) is 1. The number of carbonyl (C=O) groups is 1. The maximum absolute atomic E-state index is 13.5. The van der Waals surface area contributed by atoms with Crippen molar-refractivity contribution in [1.82, 2.24) is 0 Å². The molecular formula is C15H13F2NO3. The van der Waals surface area contributed by atoms with Crippen LogP contribution in [0.4, 0.5) is 14.5 Å². The average Bonchev–Trinajstić information content (AvgIpc) is 2.49. The lowest BCUT2D eigenvalue weighted by Gasteiger charge is -2.12. The average molecular weight is 293 g/mol. The van der Waals surface area contributed by atoms with Gasteiger partial charge in [-0.15, -0.1) is 0 Å². The minimum Gasteiger partial charge on any atom is -0.493 e. The van der Waals surface area contributed by atoms with Gasteiger partial charge in [-0.1, -0.05) is 6.07 Å². The zero-order valence-electron chi connectivity index (χ0n) is 11.4. The van der Waals surface area contributed by atoms with Crippen molar-refractivity contribution in [2.24, 2.45) is 0 Å². The predicted octanol–water partition coefficient (Wildman–Crippen LogP) is 3.23. The van der Waals surface area contributed by atoms with Gasteiger partial charge in [0.15, 0.2) is 11.5 Å². The van der Waals surface area contributed by atoms with Crippen molar-refractivity contribution >= 4 is 11.6 Å². The van der Waals surface area contributed by atoms with Crippen LogP contribution in [-0.4, -0.2) is 20.1 Å². The third kappa shape index (κ3) is 3.10. The summed E-state index contributed by atoms with van der Waals surface area (Å²) in [6.45, 7) is 0.